The van der Waals surface area contributed by atoms with Gasteiger partial charge in [-0.1, -0.05) is 25.9 Å². The van der Waals surface area contributed by atoms with E-state index in [4.69, 9.17) is 12.0 Å². The van der Waals surface area contributed by atoms with Gasteiger partial charge in [0.25, 0.3) is 11.8 Å². The van der Waals surface area contributed by atoms with E-state index in [1.807, 2.05) is 0 Å². The zero-order chi connectivity index (χ0) is 38.1. The number of terminal acetylenes is 1. The number of rotatable bonds is 13. The van der Waals surface area contributed by atoms with E-state index in [-0.39, 0.29) is 42.5 Å². The monoisotopic (exact) mass is 749 g/mol. The normalized spacial score (nSPS) is 36.9. The second kappa shape index (κ2) is 16.3. The van der Waals surface area contributed by atoms with Crippen molar-refractivity contribution in [2.24, 2.45) is 51.5 Å². The summed E-state index contributed by atoms with van der Waals surface area (Å²) in [5.41, 5.74) is 10.4. The highest BCUT2D eigenvalue weighted by Gasteiger charge is 2.60. The predicted octanol–water partition coefficient (Wildman–Crippen LogP) is 5.77. The molecule has 0 radical (unpaired) electrons. The largest absolute Gasteiger partial charge is 0.393 e. The standard InChI is InChI=1S/C40H59N7O5S/c1-6-7-8-9-32(49)43-31(21-42-46-41)44-36(51)35-24(3)22-53-38-34(37(52)47(35)38)45-33(50)15-10-23(2)28-13-14-29-27-12-11-25-20-26(48)16-18-39(25,4)30(27)17-19-40(28,29)5/h1,23,25-31,34,38,48H,7-22H2,2-5H3,(H,43,49)(H,44,51)(H,45,50). The highest BCUT2D eigenvalue weighted by atomic mass is 32.2. The van der Waals surface area contributed by atoms with Crippen LogP contribution in [0.25, 0.3) is 10.4 Å². The Morgan fingerprint density at radius 1 is 1.08 bits per heavy atom. The van der Waals surface area contributed by atoms with Gasteiger partial charge < -0.3 is 21.1 Å². The summed E-state index contributed by atoms with van der Waals surface area (Å²) in [5, 5.41) is 21.9. The number of fused-ring (bicyclic) bond motifs is 6. The van der Waals surface area contributed by atoms with Crippen molar-refractivity contribution in [1.82, 2.24) is 20.9 Å². The summed E-state index contributed by atoms with van der Waals surface area (Å²) in [6.07, 6.45) is 17.1. The van der Waals surface area contributed by atoms with Crippen LogP contribution in [0.15, 0.2) is 16.4 Å². The van der Waals surface area contributed by atoms with Crippen LogP contribution in [-0.2, 0) is 19.2 Å². The number of nitrogens with one attached hydrogen (secondary N) is 3. The molecule has 12 nitrogen and oxygen atoms in total. The number of unbranched alkanes of at least 4 members (excludes halogenated alkanes) is 1. The van der Waals surface area contributed by atoms with Crippen molar-refractivity contribution in [3.8, 4) is 12.3 Å². The third-order valence-electron chi connectivity index (χ3n) is 14.6. The number of amides is 4. The Balaban J connectivity index is 1.01. The number of carbonyl (C=O) groups is 4. The average molecular weight is 750 g/mol. The van der Waals surface area contributed by atoms with Crippen molar-refractivity contribution in [2.45, 2.75) is 141 Å². The topological polar surface area (TPSA) is 177 Å². The van der Waals surface area contributed by atoms with Gasteiger partial charge in [0, 0.05) is 29.9 Å². The summed E-state index contributed by atoms with van der Waals surface area (Å²) >= 11 is 1.51. The van der Waals surface area contributed by atoms with Gasteiger partial charge in [0.1, 0.15) is 23.3 Å². The lowest BCUT2D eigenvalue weighted by Gasteiger charge is -2.61. The van der Waals surface area contributed by atoms with Gasteiger partial charge in [-0.3, -0.25) is 24.1 Å². The number of β-lactam (4-membered cyclic amide) rings is 1. The van der Waals surface area contributed by atoms with Crippen molar-refractivity contribution >= 4 is 35.4 Å². The number of thioether (sulfide) groups is 1. The lowest BCUT2D eigenvalue weighted by Crippen LogP contribution is -2.71. The summed E-state index contributed by atoms with van der Waals surface area (Å²) < 4.78 is 0. The van der Waals surface area contributed by atoms with Crippen LogP contribution in [-0.4, -0.2) is 69.6 Å². The molecule has 0 aromatic rings. The Labute approximate surface area is 318 Å². The molecule has 1 saturated heterocycles. The molecule has 4 saturated carbocycles. The maximum atomic E-state index is 13.5. The van der Waals surface area contributed by atoms with Crippen LogP contribution >= 0.6 is 11.8 Å². The fraction of sp³-hybridized carbons (Fsp3) is 0.800. The fourth-order valence-electron chi connectivity index (χ4n) is 11.9. The van der Waals surface area contributed by atoms with Crippen LogP contribution in [0.4, 0.5) is 0 Å². The van der Waals surface area contributed by atoms with Gasteiger partial charge in [0.15, 0.2) is 0 Å². The molecule has 53 heavy (non-hydrogen) atoms. The molecule has 0 bridgehead atoms. The van der Waals surface area contributed by atoms with Crippen molar-refractivity contribution in [3.05, 3.63) is 21.7 Å². The van der Waals surface area contributed by atoms with Crippen LogP contribution < -0.4 is 16.0 Å². The minimum absolute atomic E-state index is 0.118. The van der Waals surface area contributed by atoms with Crippen molar-refractivity contribution in [2.75, 3.05) is 12.3 Å². The minimum Gasteiger partial charge on any atom is -0.393 e. The van der Waals surface area contributed by atoms with Crippen LogP contribution in [0.5, 0.6) is 0 Å². The molecule has 4 amide bonds. The molecule has 4 N–H and O–H groups in total. The maximum absolute atomic E-state index is 13.5. The molecule has 13 heteroatoms. The molecule has 12 atom stereocenters. The van der Waals surface area contributed by atoms with Crippen LogP contribution in [0, 0.1) is 58.7 Å². The van der Waals surface area contributed by atoms with E-state index in [1.54, 1.807) is 6.92 Å². The summed E-state index contributed by atoms with van der Waals surface area (Å²) in [5.74, 6) is 5.54. The molecule has 4 aliphatic carbocycles. The lowest BCUT2D eigenvalue weighted by molar-refractivity contribution is -0.148. The third kappa shape index (κ3) is 7.70. The first-order valence-corrected chi connectivity index (χ1v) is 21.0. The van der Waals surface area contributed by atoms with Crippen LogP contribution in [0.2, 0.25) is 0 Å². The van der Waals surface area contributed by atoms with E-state index in [0.717, 1.165) is 43.4 Å². The van der Waals surface area contributed by atoms with Crippen molar-refractivity contribution < 1.29 is 24.3 Å². The minimum atomic E-state index is -0.962. The first-order valence-electron chi connectivity index (χ1n) is 20.0. The Bertz CT molecular complexity index is 1570. The Hall–Kier alpha value is -3.20. The molecular formula is C40H59N7O5S. The highest BCUT2D eigenvalue weighted by molar-refractivity contribution is 8.00. The van der Waals surface area contributed by atoms with Gasteiger partial charge in [0.2, 0.25) is 11.8 Å². The summed E-state index contributed by atoms with van der Waals surface area (Å²) in [7, 11) is 0. The van der Waals surface area contributed by atoms with Gasteiger partial charge in [-0.2, -0.15) is 0 Å². The molecule has 2 heterocycles. The highest BCUT2D eigenvalue weighted by Crippen LogP contribution is 2.68. The van der Waals surface area contributed by atoms with E-state index in [2.05, 4.69) is 52.7 Å². The summed E-state index contributed by atoms with van der Waals surface area (Å²) in [6, 6.07) is -0.713. The summed E-state index contributed by atoms with van der Waals surface area (Å²) in [6.45, 7) is 8.98. The number of azide groups is 1. The number of nitrogens with zero attached hydrogens (tertiary/aromatic N) is 4. The SMILES string of the molecule is C#CCCCC(=O)NC(CN=[N+]=[N-])NC(=O)C1=C(C)CSC2C(NC(=O)CCC(C)C3CCC4C5CCC6CC(O)CCC6(C)C5CCC34C)C(=O)N12. The molecule has 0 aromatic carbocycles. The van der Waals surface area contributed by atoms with Gasteiger partial charge >= 0.3 is 0 Å². The molecule has 6 rings (SSSR count). The Morgan fingerprint density at radius 2 is 1.83 bits per heavy atom. The van der Waals surface area contributed by atoms with Gasteiger partial charge in [-0.15, -0.1) is 24.1 Å². The molecule has 5 fully saturated rings. The first-order chi connectivity index (χ1) is 25.3. The van der Waals surface area contributed by atoms with E-state index in [1.165, 1.54) is 55.2 Å². The quantitative estimate of drug-likeness (QED) is 0.0354. The van der Waals surface area contributed by atoms with E-state index < -0.39 is 23.5 Å². The number of hydrogen-bond acceptors (Lipinski definition) is 7. The molecular weight excluding hydrogens is 691 g/mol. The Kier molecular flexibility index (Phi) is 12.1. The van der Waals surface area contributed by atoms with Gasteiger partial charge in [-0.25, -0.2) is 0 Å². The van der Waals surface area contributed by atoms with Crippen LogP contribution in [0.3, 0.4) is 0 Å². The average Bonchev–Trinajstić information content (AvgIpc) is 3.49. The van der Waals surface area contributed by atoms with Gasteiger partial charge in [-0.05, 0) is 135 Å². The molecule has 290 valence electrons. The maximum Gasteiger partial charge on any atom is 0.269 e. The van der Waals surface area contributed by atoms with Gasteiger partial charge in [0.05, 0.1) is 12.6 Å². The first kappa shape index (κ1) is 39.5. The number of carbonyl (C=O) groups excluding carboxylic acids is 4. The number of aliphatic hydroxyl groups is 1. The van der Waals surface area contributed by atoms with Crippen molar-refractivity contribution in [1.29, 1.82) is 0 Å². The zero-order valence-electron chi connectivity index (χ0n) is 31.9. The lowest BCUT2D eigenvalue weighted by atomic mass is 9.44. The smallest absolute Gasteiger partial charge is 0.269 e. The zero-order valence-corrected chi connectivity index (χ0v) is 32.8. The Morgan fingerprint density at radius 3 is 2.58 bits per heavy atom. The molecule has 6 aliphatic rings. The van der Waals surface area contributed by atoms with E-state index >= 15 is 0 Å². The van der Waals surface area contributed by atoms with Crippen LogP contribution in [0.1, 0.15) is 118 Å². The second-order valence-corrected chi connectivity index (χ2v) is 18.6. The van der Waals surface area contributed by atoms with Crippen molar-refractivity contribution in [3.63, 3.8) is 0 Å². The molecule has 2 aliphatic heterocycles. The fourth-order valence-corrected chi connectivity index (χ4v) is 13.2. The molecule has 12 unspecified atom stereocenters. The molecule has 0 aromatic heterocycles. The molecule has 0 spiro atoms. The number of hydrogen-bond donors (Lipinski definition) is 4. The second-order valence-electron chi connectivity index (χ2n) is 17.5. The van der Waals surface area contributed by atoms with E-state index in [9.17, 15) is 24.3 Å². The number of aliphatic hydroxyl groups excluding tert-OH is 1. The third-order valence-corrected chi connectivity index (χ3v) is 16.0. The van der Waals surface area contributed by atoms with E-state index in [0.29, 0.717) is 59.2 Å². The summed E-state index contributed by atoms with van der Waals surface area (Å²) in [4.78, 5) is 56.9. The predicted molar refractivity (Wildman–Crippen MR) is 204 cm³/mol.